The highest BCUT2D eigenvalue weighted by atomic mass is 16.7. The molecule has 3 rings (SSSR count). The molecule has 2 saturated heterocycles. The minimum atomic E-state index is -1.16. The predicted octanol–water partition coefficient (Wildman–Crippen LogP) is -1.43. The Morgan fingerprint density at radius 1 is 1.56 bits per heavy atom. The lowest BCUT2D eigenvalue weighted by Crippen LogP contribution is -2.44. The molecule has 7 nitrogen and oxygen atoms in total. The Morgan fingerprint density at radius 3 is 2.94 bits per heavy atom. The Morgan fingerprint density at radius 2 is 2.33 bits per heavy atom. The molecule has 2 aliphatic heterocycles. The topological polar surface area (TPSA) is 101 Å². The van der Waals surface area contributed by atoms with Gasteiger partial charge in [-0.3, -0.25) is 9.36 Å². The molecule has 2 fully saturated rings. The first-order valence-corrected chi connectivity index (χ1v) is 5.57. The summed E-state index contributed by atoms with van der Waals surface area (Å²) in [6.45, 7) is -0.285. The van der Waals surface area contributed by atoms with E-state index in [0.717, 1.165) is 6.07 Å². The quantitative estimate of drug-likeness (QED) is 0.599. The van der Waals surface area contributed by atoms with Gasteiger partial charge in [-0.2, -0.15) is 0 Å². The molecule has 4 atom stereocenters. The predicted molar refractivity (Wildman–Crippen MR) is 58.1 cm³/mol. The van der Waals surface area contributed by atoms with Gasteiger partial charge in [0, 0.05) is 12.3 Å². The highest BCUT2D eigenvalue weighted by Gasteiger charge is 2.61. The molecular formula is C11H13NO6. The molecule has 7 heteroatoms. The van der Waals surface area contributed by atoms with Gasteiger partial charge >= 0.3 is 0 Å². The zero-order valence-electron chi connectivity index (χ0n) is 9.39. The molecular weight excluding hydrogens is 242 g/mol. The van der Waals surface area contributed by atoms with E-state index < -0.39 is 29.6 Å². The van der Waals surface area contributed by atoms with E-state index in [0.29, 0.717) is 0 Å². The summed E-state index contributed by atoms with van der Waals surface area (Å²) in [7, 11) is 0. The lowest BCUT2D eigenvalue weighted by atomic mass is 10.0. The number of aromatic hydroxyl groups is 1. The Balaban J connectivity index is 1.98. The number of fused-ring (bicyclic) bond motifs is 2. The van der Waals surface area contributed by atoms with E-state index in [1.54, 1.807) is 0 Å². The smallest absolute Gasteiger partial charge is 0.256 e. The first-order valence-electron chi connectivity index (χ1n) is 5.57. The number of rotatable bonds is 2. The third-order valence-corrected chi connectivity index (χ3v) is 3.48. The summed E-state index contributed by atoms with van der Waals surface area (Å²) in [6, 6.07) is 2.39. The summed E-state index contributed by atoms with van der Waals surface area (Å²) < 4.78 is 12.2. The molecule has 0 amide bonds. The third kappa shape index (κ3) is 1.42. The largest absolute Gasteiger partial charge is 0.508 e. The van der Waals surface area contributed by atoms with Crippen molar-refractivity contribution in [2.75, 3.05) is 13.2 Å². The van der Waals surface area contributed by atoms with E-state index in [-0.39, 0.29) is 19.0 Å². The lowest BCUT2D eigenvalue weighted by Gasteiger charge is -2.29. The minimum absolute atomic E-state index is 0.0959. The van der Waals surface area contributed by atoms with E-state index in [4.69, 9.17) is 9.47 Å². The number of aromatic nitrogens is 1. The zero-order valence-corrected chi connectivity index (χ0v) is 9.39. The molecule has 18 heavy (non-hydrogen) atoms. The standard InChI is InChI=1S/C11H13NO6/c13-4-11-5-17-8(9(11)16)10(18-11)12-2-1-6(14)3-7(12)15/h1-3,8-10,13-14,16H,4-5H2/t8-,9+,10-,11+/m1/s1. The molecule has 0 saturated carbocycles. The van der Waals surface area contributed by atoms with Crippen LogP contribution in [0, 0.1) is 0 Å². The molecule has 1 aromatic rings. The van der Waals surface area contributed by atoms with Crippen LogP contribution in [0.1, 0.15) is 6.23 Å². The van der Waals surface area contributed by atoms with Gasteiger partial charge in [-0.1, -0.05) is 0 Å². The normalized spacial score (nSPS) is 38.2. The van der Waals surface area contributed by atoms with Crippen LogP contribution in [0.15, 0.2) is 23.1 Å². The molecule has 3 heterocycles. The summed E-state index contributed by atoms with van der Waals surface area (Å²) >= 11 is 0. The molecule has 0 aromatic carbocycles. The molecule has 0 unspecified atom stereocenters. The van der Waals surface area contributed by atoms with Crippen molar-refractivity contribution in [1.29, 1.82) is 0 Å². The van der Waals surface area contributed by atoms with Crippen LogP contribution in [0.4, 0.5) is 0 Å². The lowest BCUT2D eigenvalue weighted by molar-refractivity contribution is -0.187. The van der Waals surface area contributed by atoms with E-state index in [1.807, 2.05) is 0 Å². The van der Waals surface area contributed by atoms with Gasteiger partial charge in [0.2, 0.25) is 0 Å². The maximum atomic E-state index is 11.7. The summed E-state index contributed by atoms with van der Waals surface area (Å²) in [5.41, 5.74) is -1.62. The van der Waals surface area contributed by atoms with E-state index >= 15 is 0 Å². The maximum Gasteiger partial charge on any atom is 0.256 e. The van der Waals surface area contributed by atoms with Crippen LogP contribution in [0.3, 0.4) is 0 Å². The Kier molecular flexibility index (Phi) is 2.46. The van der Waals surface area contributed by atoms with Crippen LogP contribution >= 0.6 is 0 Å². The van der Waals surface area contributed by atoms with Gasteiger partial charge in [0.15, 0.2) is 6.23 Å². The van der Waals surface area contributed by atoms with Crippen molar-refractivity contribution in [3.8, 4) is 5.75 Å². The van der Waals surface area contributed by atoms with Crippen LogP contribution < -0.4 is 5.56 Å². The number of aliphatic hydroxyl groups is 2. The van der Waals surface area contributed by atoms with Crippen LogP contribution in [0.2, 0.25) is 0 Å². The van der Waals surface area contributed by atoms with Crippen molar-refractivity contribution in [2.24, 2.45) is 0 Å². The number of nitrogens with zero attached hydrogens (tertiary/aromatic N) is 1. The van der Waals surface area contributed by atoms with Crippen molar-refractivity contribution >= 4 is 0 Å². The monoisotopic (exact) mass is 255 g/mol. The van der Waals surface area contributed by atoms with Gasteiger partial charge in [-0.25, -0.2) is 0 Å². The van der Waals surface area contributed by atoms with Crippen LogP contribution in [-0.2, 0) is 9.47 Å². The van der Waals surface area contributed by atoms with Gasteiger partial charge < -0.3 is 24.8 Å². The second-order valence-corrected chi connectivity index (χ2v) is 4.58. The number of aliphatic hydroxyl groups excluding tert-OH is 2. The number of hydrogen-bond acceptors (Lipinski definition) is 6. The van der Waals surface area contributed by atoms with Crippen LogP contribution in [0.25, 0.3) is 0 Å². The van der Waals surface area contributed by atoms with Gasteiger partial charge in [-0.15, -0.1) is 0 Å². The molecule has 3 N–H and O–H groups in total. The second kappa shape index (κ2) is 3.79. The van der Waals surface area contributed by atoms with Crippen LogP contribution in [-0.4, -0.2) is 50.9 Å². The SMILES string of the molecule is O=c1cc(O)ccn1[C@@H]1O[C@@]2(CO)CO[C@@H]1[C@@H]2O. The summed E-state index contributed by atoms with van der Waals surface area (Å²) in [5.74, 6) is -0.141. The van der Waals surface area contributed by atoms with Gasteiger partial charge in [0.25, 0.3) is 5.56 Å². The Hall–Kier alpha value is -1.41. The van der Waals surface area contributed by atoms with Gasteiger partial charge in [0.05, 0.1) is 13.2 Å². The molecule has 0 spiro atoms. The average Bonchev–Trinajstić information content (AvgIpc) is 2.81. The maximum absolute atomic E-state index is 11.7. The highest BCUT2D eigenvalue weighted by molar-refractivity contribution is 5.17. The minimum Gasteiger partial charge on any atom is -0.508 e. The van der Waals surface area contributed by atoms with Crippen LogP contribution in [0.5, 0.6) is 5.75 Å². The molecule has 0 aliphatic carbocycles. The van der Waals surface area contributed by atoms with E-state index in [9.17, 15) is 20.1 Å². The first-order chi connectivity index (χ1) is 8.57. The molecule has 2 aliphatic rings. The Bertz CT molecular complexity index is 529. The molecule has 98 valence electrons. The van der Waals surface area contributed by atoms with Crippen molar-refractivity contribution in [3.63, 3.8) is 0 Å². The first kappa shape index (κ1) is 11.7. The van der Waals surface area contributed by atoms with Crippen molar-refractivity contribution in [2.45, 2.75) is 24.0 Å². The number of pyridine rings is 1. The Labute approximate surface area is 102 Å². The zero-order chi connectivity index (χ0) is 12.9. The van der Waals surface area contributed by atoms with E-state index in [1.165, 1.54) is 16.8 Å². The van der Waals surface area contributed by atoms with Crippen molar-refractivity contribution in [3.05, 3.63) is 28.7 Å². The summed E-state index contributed by atoms with van der Waals surface area (Å²) in [5, 5.41) is 28.5. The van der Waals surface area contributed by atoms with Crippen molar-refractivity contribution in [1.82, 2.24) is 4.57 Å². The molecule has 2 bridgehead atoms. The second-order valence-electron chi connectivity index (χ2n) is 4.58. The fourth-order valence-electron chi connectivity index (χ4n) is 2.44. The number of ether oxygens (including phenoxy) is 2. The molecule has 1 aromatic heterocycles. The summed E-state index contributed by atoms with van der Waals surface area (Å²) in [4.78, 5) is 11.7. The van der Waals surface area contributed by atoms with E-state index in [2.05, 4.69) is 0 Å². The third-order valence-electron chi connectivity index (χ3n) is 3.48. The summed E-state index contributed by atoms with van der Waals surface area (Å²) in [6.07, 6.45) is -1.11. The fourth-order valence-corrected chi connectivity index (χ4v) is 2.44. The average molecular weight is 255 g/mol. The highest BCUT2D eigenvalue weighted by Crippen LogP contribution is 2.44. The van der Waals surface area contributed by atoms with Crippen molar-refractivity contribution < 1.29 is 24.8 Å². The number of hydrogen-bond donors (Lipinski definition) is 3. The fraction of sp³-hybridized carbons (Fsp3) is 0.545. The molecule has 0 radical (unpaired) electrons. The van der Waals surface area contributed by atoms with Gasteiger partial charge in [-0.05, 0) is 6.07 Å². The van der Waals surface area contributed by atoms with Gasteiger partial charge in [0.1, 0.15) is 23.6 Å².